The van der Waals surface area contributed by atoms with E-state index in [0.29, 0.717) is 27.9 Å². The van der Waals surface area contributed by atoms with E-state index in [1.165, 1.54) is 0 Å². The van der Waals surface area contributed by atoms with Crippen LogP contribution >= 0.6 is 38.5 Å². The van der Waals surface area contributed by atoms with Crippen LogP contribution < -0.4 is 10.1 Å². The third kappa shape index (κ3) is 6.19. The molecule has 0 aliphatic heterocycles. The molecule has 0 saturated heterocycles. The van der Waals surface area contributed by atoms with Crippen LogP contribution in [0.5, 0.6) is 5.75 Å². The number of nitrogens with one attached hydrogen (secondary N) is 1. The molecule has 0 atom stereocenters. The van der Waals surface area contributed by atoms with Gasteiger partial charge in [0, 0.05) is 12.1 Å². The van der Waals surface area contributed by atoms with Crippen molar-refractivity contribution in [3.8, 4) is 17.9 Å². The van der Waals surface area contributed by atoms with E-state index in [4.69, 9.17) is 4.74 Å². The molecule has 0 heterocycles. The second-order valence-corrected chi connectivity index (χ2v) is 8.73. The minimum atomic E-state index is -0.434. The number of carbonyl (C=O) groups excluding carboxylic acids is 1. The molecule has 0 radical (unpaired) electrons. The second-order valence-electron chi connectivity index (χ2n) is 6.71. The van der Waals surface area contributed by atoms with Crippen LogP contribution in [-0.4, -0.2) is 5.91 Å². The highest BCUT2D eigenvalue weighted by molar-refractivity contribution is 14.1. The average molecular weight is 598 g/mol. The fraction of sp³-hybridized carbons (Fsp3) is 0.0800. The first-order chi connectivity index (χ1) is 15.5. The molecule has 1 N–H and O–H groups in total. The first-order valence-electron chi connectivity index (χ1n) is 9.55. The standard InChI is InChI=1S/C25H17BrIN3O2/c26-22-11-18(10-21(14-29)25(31)30-15-17-6-2-1-3-7-17)12-23(27)24(22)32-16-20-9-5-4-8-19(20)13-28/h1-12H,15-16H2,(H,30,31)/b21-10-. The van der Waals surface area contributed by atoms with Crippen molar-refractivity contribution in [1.29, 1.82) is 10.5 Å². The van der Waals surface area contributed by atoms with Crippen molar-refractivity contribution in [2.75, 3.05) is 0 Å². The summed E-state index contributed by atoms with van der Waals surface area (Å²) in [5, 5.41) is 21.5. The molecule has 0 aliphatic carbocycles. The lowest BCUT2D eigenvalue weighted by molar-refractivity contribution is -0.117. The molecule has 5 nitrogen and oxygen atoms in total. The van der Waals surface area contributed by atoms with Crippen LogP contribution in [0.3, 0.4) is 0 Å². The summed E-state index contributed by atoms with van der Waals surface area (Å²) in [7, 11) is 0. The summed E-state index contributed by atoms with van der Waals surface area (Å²) >= 11 is 5.65. The Bertz CT molecular complexity index is 1220. The zero-order valence-electron chi connectivity index (χ0n) is 16.8. The normalized spacial score (nSPS) is 10.7. The Balaban J connectivity index is 1.74. The Hall–Kier alpha value is -3.14. The Labute approximate surface area is 208 Å². The minimum absolute atomic E-state index is 0.0141. The lowest BCUT2D eigenvalue weighted by atomic mass is 10.1. The Morgan fingerprint density at radius 1 is 1.09 bits per heavy atom. The van der Waals surface area contributed by atoms with Gasteiger partial charge in [0.25, 0.3) is 5.91 Å². The van der Waals surface area contributed by atoms with E-state index in [9.17, 15) is 15.3 Å². The van der Waals surface area contributed by atoms with Crippen molar-refractivity contribution in [1.82, 2.24) is 5.32 Å². The van der Waals surface area contributed by atoms with Crippen LogP contribution in [0.15, 0.2) is 76.8 Å². The average Bonchev–Trinajstić information content (AvgIpc) is 2.81. The highest BCUT2D eigenvalue weighted by Gasteiger charge is 2.13. The van der Waals surface area contributed by atoms with Gasteiger partial charge in [0.2, 0.25) is 0 Å². The van der Waals surface area contributed by atoms with Gasteiger partial charge in [0.15, 0.2) is 0 Å². The molecule has 0 bridgehead atoms. The molecule has 3 aromatic carbocycles. The molecule has 0 aliphatic rings. The molecule has 0 saturated carbocycles. The third-order valence-electron chi connectivity index (χ3n) is 4.50. The highest BCUT2D eigenvalue weighted by Crippen LogP contribution is 2.33. The summed E-state index contributed by atoms with van der Waals surface area (Å²) in [6.07, 6.45) is 1.54. The zero-order valence-corrected chi connectivity index (χ0v) is 20.6. The molecular formula is C25H17BrIN3O2. The molecule has 158 valence electrons. The van der Waals surface area contributed by atoms with E-state index in [2.05, 4.69) is 49.9 Å². The van der Waals surface area contributed by atoms with Gasteiger partial charge in [-0.1, -0.05) is 48.5 Å². The number of rotatable bonds is 7. The number of benzene rings is 3. The van der Waals surface area contributed by atoms with Crippen molar-refractivity contribution >= 4 is 50.5 Å². The van der Waals surface area contributed by atoms with E-state index in [0.717, 1.165) is 14.7 Å². The molecule has 0 unspecified atom stereocenters. The number of amides is 1. The second kappa shape index (κ2) is 11.5. The summed E-state index contributed by atoms with van der Waals surface area (Å²) in [6, 6.07) is 24.5. The maximum absolute atomic E-state index is 12.4. The van der Waals surface area contributed by atoms with E-state index in [-0.39, 0.29) is 12.2 Å². The van der Waals surface area contributed by atoms with Gasteiger partial charge in [0.1, 0.15) is 24.0 Å². The summed E-state index contributed by atoms with van der Waals surface area (Å²) in [6.45, 7) is 0.593. The molecule has 0 fully saturated rings. The summed E-state index contributed by atoms with van der Waals surface area (Å²) in [5.74, 6) is 0.193. The largest absolute Gasteiger partial charge is 0.487 e. The van der Waals surface area contributed by atoms with Crippen LogP contribution in [0.4, 0.5) is 0 Å². The maximum atomic E-state index is 12.4. The maximum Gasteiger partial charge on any atom is 0.262 e. The molecule has 32 heavy (non-hydrogen) atoms. The molecule has 0 spiro atoms. The molecule has 3 rings (SSSR count). The lowest BCUT2D eigenvalue weighted by Crippen LogP contribution is -2.23. The van der Waals surface area contributed by atoms with Gasteiger partial charge in [-0.25, -0.2) is 0 Å². The quantitative estimate of drug-likeness (QED) is 0.214. The third-order valence-corrected chi connectivity index (χ3v) is 5.89. The predicted octanol–water partition coefficient (Wildman–Crippen LogP) is 5.73. The van der Waals surface area contributed by atoms with E-state index >= 15 is 0 Å². The first kappa shape index (κ1) is 23.5. The zero-order chi connectivity index (χ0) is 22.9. The van der Waals surface area contributed by atoms with Gasteiger partial charge >= 0.3 is 0 Å². The Morgan fingerprint density at radius 2 is 1.81 bits per heavy atom. The van der Waals surface area contributed by atoms with E-state index in [1.807, 2.05) is 60.7 Å². The van der Waals surface area contributed by atoms with Crippen LogP contribution in [-0.2, 0) is 17.9 Å². The van der Waals surface area contributed by atoms with Crippen molar-refractivity contribution in [3.05, 3.63) is 103 Å². The number of nitriles is 2. The van der Waals surface area contributed by atoms with Crippen molar-refractivity contribution in [2.24, 2.45) is 0 Å². The fourth-order valence-electron chi connectivity index (χ4n) is 2.89. The summed E-state index contributed by atoms with van der Waals surface area (Å²) in [4.78, 5) is 12.4. The molecule has 3 aromatic rings. The van der Waals surface area contributed by atoms with Crippen LogP contribution in [0, 0.1) is 26.2 Å². The number of ether oxygens (including phenoxy) is 1. The summed E-state index contributed by atoms with van der Waals surface area (Å²) in [5.41, 5.74) is 3.02. The van der Waals surface area contributed by atoms with E-state index in [1.54, 1.807) is 18.2 Å². The van der Waals surface area contributed by atoms with Gasteiger partial charge < -0.3 is 10.1 Å². The number of hydrogen-bond donors (Lipinski definition) is 1. The predicted molar refractivity (Wildman–Crippen MR) is 134 cm³/mol. The number of nitrogens with zero attached hydrogens (tertiary/aromatic N) is 2. The monoisotopic (exact) mass is 597 g/mol. The molecular weight excluding hydrogens is 581 g/mol. The van der Waals surface area contributed by atoms with Crippen LogP contribution in [0.1, 0.15) is 22.3 Å². The lowest BCUT2D eigenvalue weighted by Gasteiger charge is -2.12. The van der Waals surface area contributed by atoms with Gasteiger partial charge in [0.05, 0.1) is 19.7 Å². The topological polar surface area (TPSA) is 85.9 Å². The van der Waals surface area contributed by atoms with Crippen molar-refractivity contribution < 1.29 is 9.53 Å². The van der Waals surface area contributed by atoms with Crippen LogP contribution in [0.2, 0.25) is 0 Å². The highest BCUT2D eigenvalue weighted by atomic mass is 127. The van der Waals surface area contributed by atoms with Gasteiger partial charge in [-0.3, -0.25) is 4.79 Å². The molecule has 7 heteroatoms. The number of carbonyl (C=O) groups is 1. The molecule has 0 aromatic heterocycles. The number of halogens is 2. The van der Waals surface area contributed by atoms with Crippen LogP contribution in [0.25, 0.3) is 6.08 Å². The van der Waals surface area contributed by atoms with Gasteiger partial charge in [-0.05, 0) is 73.9 Å². The Morgan fingerprint density at radius 3 is 2.50 bits per heavy atom. The Kier molecular flexibility index (Phi) is 8.43. The van der Waals surface area contributed by atoms with Crippen molar-refractivity contribution in [3.63, 3.8) is 0 Å². The van der Waals surface area contributed by atoms with Gasteiger partial charge in [-0.2, -0.15) is 10.5 Å². The first-order valence-corrected chi connectivity index (χ1v) is 11.4. The number of hydrogen-bond acceptors (Lipinski definition) is 4. The SMILES string of the molecule is N#C/C(=C/c1cc(Br)c(OCc2ccccc2C#N)c(I)c1)C(=O)NCc1ccccc1. The molecule has 1 amide bonds. The van der Waals surface area contributed by atoms with E-state index < -0.39 is 5.91 Å². The summed E-state index contributed by atoms with van der Waals surface area (Å²) < 4.78 is 7.44. The fourth-order valence-corrected chi connectivity index (χ4v) is 4.66. The smallest absolute Gasteiger partial charge is 0.262 e. The minimum Gasteiger partial charge on any atom is -0.487 e. The van der Waals surface area contributed by atoms with Gasteiger partial charge in [-0.15, -0.1) is 0 Å². The van der Waals surface area contributed by atoms with Crippen molar-refractivity contribution in [2.45, 2.75) is 13.2 Å².